The molecule has 1 fully saturated rings. The van der Waals surface area contributed by atoms with Gasteiger partial charge in [0.25, 0.3) is 5.91 Å². The first-order valence-corrected chi connectivity index (χ1v) is 6.95. The van der Waals surface area contributed by atoms with Crippen LogP contribution in [0, 0.1) is 11.8 Å². The highest BCUT2D eigenvalue weighted by Gasteiger charge is 2.23. The smallest absolute Gasteiger partial charge is 0.251 e. The summed E-state index contributed by atoms with van der Waals surface area (Å²) < 4.78 is 0. The van der Waals surface area contributed by atoms with E-state index in [1.54, 1.807) is 12.1 Å². The molecule has 0 saturated heterocycles. The molecular weight excluding hydrogens is 292 g/mol. The summed E-state index contributed by atoms with van der Waals surface area (Å²) in [7, 11) is 0. The van der Waals surface area contributed by atoms with Gasteiger partial charge in [-0.1, -0.05) is 23.4 Å². The van der Waals surface area contributed by atoms with Gasteiger partial charge in [0.1, 0.15) is 6.61 Å². The summed E-state index contributed by atoms with van der Waals surface area (Å²) in [6.45, 7) is -0.312. The van der Waals surface area contributed by atoms with Gasteiger partial charge >= 0.3 is 0 Å². The number of aliphatic hydroxyl groups excluding tert-OH is 1. The zero-order valence-electron chi connectivity index (χ0n) is 11.3. The van der Waals surface area contributed by atoms with E-state index < -0.39 is 0 Å². The van der Waals surface area contributed by atoms with Crippen LogP contribution in [0.2, 0.25) is 5.02 Å². The van der Waals surface area contributed by atoms with Crippen molar-refractivity contribution in [3.05, 3.63) is 34.3 Å². The monoisotopic (exact) mass is 306 g/mol. The standard InChI is InChI=1S/C15H15ClN2O3/c16-13-8-11(4-3-10(13)2-1-7-19)15(21)17-9-14(20)18-12-5-6-12/h3-4,8,12,19H,5-7,9H2,(H,17,21)(H,18,20). The number of rotatable bonds is 4. The van der Waals surface area contributed by atoms with E-state index >= 15 is 0 Å². The normalized spacial score (nSPS) is 13.0. The highest BCUT2D eigenvalue weighted by Crippen LogP contribution is 2.18. The van der Waals surface area contributed by atoms with Gasteiger partial charge in [0.05, 0.1) is 11.6 Å². The summed E-state index contributed by atoms with van der Waals surface area (Å²) >= 11 is 6.01. The third-order valence-electron chi connectivity index (χ3n) is 2.89. The molecule has 0 radical (unpaired) electrons. The molecule has 110 valence electrons. The van der Waals surface area contributed by atoms with Crippen molar-refractivity contribution in [2.45, 2.75) is 18.9 Å². The molecule has 0 aromatic heterocycles. The zero-order valence-corrected chi connectivity index (χ0v) is 12.0. The Labute approximate surface area is 127 Å². The molecule has 1 saturated carbocycles. The van der Waals surface area contributed by atoms with Gasteiger partial charge in [-0.2, -0.15) is 0 Å². The van der Waals surface area contributed by atoms with Gasteiger partial charge in [-0.3, -0.25) is 9.59 Å². The lowest BCUT2D eigenvalue weighted by atomic mass is 10.1. The van der Waals surface area contributed by atoms with Crippen LogP contribution in [0.3, 0.4) is 0 Å². The molecule has 0 spiro atoms. The topological polar surface area (TPSA) is 78.4 Å². The molecular formula is C15H15ClN2O3. The number of nitrogens with one attached hydrogen (secondary N) is 2. The first-order valence-electron chi connectivity index (χ1n) is 6.57. The fraction of sp³-hybridized carbons (Fsp3) is 0.333. The predicted molar refractivity (Wildman–Crippen MR) is 78.9 cm³/mol. The molecule has 0 bridgehead atoms. The Morgan fingerprint density at radius 3 is 2.76 bits per heavy atom. The molecule has 0 heterocycles. The summed E-state index contributed by atoms with van der Waals surface area (Å²) in [5, 5.41) is 14.3. The van der Waals surface area contributed by atoms with Crippen molar-refractivity contribution in [3.63, 3.8) is 0 Å². The molecule has 1 aliphatic rings. The maximum Gasteiger partial charge on any atom is 0.251 e. The number of carbonyl (C=O) groups excluding carboxylic acids is 2. The number of aliphatic hydroxyl groups is 1. The summed E-state index contributed by atoms with van der Waals surface area (Å²) in [4.78, 5) is 23.4. The molecule has 0 aliphatic heterocycles. The third-order valence-corrected chi connectivity index (χ3v) is 3.20. The quantitative estimate of drug-likeness (QED) is 0.716. The van der Waals surface area contributed by atoms with E-state index in [0.717, 1.165) is 12.8 Å². The Bertz CT molecular complexity index is 615. The number of halogens is 1. The second kappa shape index (κ2) is 7.11. The largest absolute Gasteiger partial charge is 0.384 e. The Morgan fingerprint density at radius 1 is 1.38 bits per heavy atom. The molecule has 6 heteroatoms. The van der Waals surface area contributed by atoms with Crippen molar-refractivity contribution in [2.75, 3.05) is 13.2 Å². The van der Waals surface area contributed by atoms with Gasteiger partial charge in [-0.25, -0.2) is 0 Å². The fourth-order valence-electron chi connectivity index (χ4n) is 1.66. The number of carbonyl (C=O) groups is 2. The SMILES string of the molecule is O=C(CNC(=O)c1ccc(C#CCO)c(Cl)c1)NC1CC1. The average molecular weight is 307 g/mol. The van der Waals surface area contributed by atoms with E-state index in [0.29, 0.717) is 16.1 Å². The lowest BCUT2D eigenvalue weighted by molar-refractivity contribution is -0.120. The second-order valence-electron chi connectivity index (χ2n) is 4.68. The molecule has 1 aliphatic carbocycles. The van der Waals surface area contributed by atoms with Gasteiger partial charge in [0.15, 0.2) is 0 Å². The Hall–Kier alpha value is -2.03. The third kappa shape index (κ3) is 4.78. The maximum atomic E-state index is 11.9. The Balaban J connectivity index is 1.92. The maximum absolute atomic E-state index is 11.9. The van der Waals surface area contributed by atoms with Crippen molar-refractivity contribution >= 4 is 23.4 Å². The van der Waals surface area contributed by atoms with E-state index in [-0.39, 0.29) is 31.0 Å². The van der Waals surface area contributed by atoms with Crippen molar-refractivity contribution in [3.8, 4) is 11.8 Å². The molecule has 0 unspecified atom stereocenters. The van der Waals surface area contributed by atoms with Crippen LogP contribution in [0.15, 0.2) is 18.2 Å². The molecule has 1 aromatic rings. The summed E-state index contributed by atoms with van der Waals surface area (Å²) in [5.41, 5.74) is 0.891. The highest BCUT2D eigenvalue weighted by molar-refractivity contribution is 6.32. The molecule has 1 aromatic carbocycles. The van der Waals surface area contributed by atoms with E-state index in [9.17, 15) is 9.59 Å². The van der Waals surface area contributed by atoms with E-state index in [1.165, 1.54) is 6.07 Å². The van der Waals surface area contributed by atoms with Gasteiger partial charge in [-0.05, 0) is 31.0 Å². The number of benzene rings is 1. The van der Waals surface area contributed by atoms with Crippen molar-refractivity contribution in [1.82, 2.24) is 10.6 Å². The molecule has 2 amide bonds. The summed E-state index contributed by atoms with van der Waals surface area (Å²) in [5.74, 6) is 4.60. The first-order chi connectivity index (χ1) is 10.1. The fourth-order valence-corrected chi connectivity index (χ4v) is 1.89. The Morgan fingerprint density at radius 2 is 2.14 bits per heavy atom. The van der Waals surface area contributed by atoms with Crippen LogP contribution < -0.4 is 10.6 Å². The number of hydrogen-bond acceptors (Lipinski definition) is 3. The van der Waals surface area contributed by atoms with Crippen molar-refractivity contribution in [2.24, 2.45) is 0 Å². The molecule has 3 N–H and O–H groups in total. The highest BCUT2D eigenvalue weighted by atomic mass is 35.5. The van der Waals surface area contributed by atoms with Crippen molar-refractivity contribution in [1.29, 1.82) is 0 Å². The van der Waals surface area contributed by atoms with Crippen LogP contribution in [0.5, 0.6) is 0 Å². The molecule has 0 atom stereocenters. The lowest BCUT2D eigenvalue weighted by Crippen LogP contribution is -2.37. The van der Waals surface area contributed by atoms with Crippen LogP contribution in [0.4, 0.5) is 0 Å². The molecule has 5 nitrogen and oxygen atoms in total. The van der Waals surface area contributed by atoms with Gasteiger partial charge in [0.2, 0.25) is 5.91 Å². The molecule has 21 heavy (non-hydrogen) atoms. The van der Waals surface area contributed by atoms with Gasteiger partial charge in [-0.15, -0.1) is 0 Å². The average Bonchev–Trinajstić information content (AvgIpc) is 3.27. The number of hydrogen-bond donors (Lipinski definition) is 3. The van der Waals surface area contributed by atoms with Crippen LogP contribution in [0.25, 0.3) is 0 Å². The van der Waals surface area contributed by atoms with Crippen molar-refractivity contribution < 1.29 is 14.7 Å². The van der Waals surface area contributed by atoms with Crippen LogP contribution in [0.1, 0.15) is 28.8 Å². The van der Waals surface area contributed by atoms with E-state index in [2.05, 4.69) is 22.5 Å². The first kappa shape index (κ1) is 15.4. The van der Waals surface area contributed by atoms with Crippen LogP contribution in [-0.4, -0.2) is 36.1 Å². The number of amides is 2. The minimum absolute atomic E-state index is 0.0565. The minimum Gasteiger partial charge on any atom is -0.384 e. The zero-order chi connectivity index (χ0) is 15.2. The minimum atomic E-state index is -0.371. The van der Waals surface area contributed by atoms with Crippen LogP contribution >= 0.6 is 11.6 Å². The Kier molecular flexibility index (Phi) is 5.20. The molecule has 2 rings (SSSR count). The predicted octanol–water partition coefficient (Wildman–Crippen LogP) is 0.692. The van der Waals surface area contributed by atoms with Gasteiger partial charge < -0.3 is 15.7 Å². The summed E-state index contributed by atoms with van der Waals surface area (Å²) in [6, 6.07) is 4.93. The lowest BCUT2D eigenvalue weighted by Gasteiger charge is -2.06. The second-order valence-corrected chi connectivity index (χ2v) is 5.09. The van der Waals surface area contributed by atoms with Crippen LogP contribution in [-0.2, 0) is 4.79 Å². The van der Waals surface area contributed by atoms with E-state index in [1.807, 2.05) is 0 Å². The summed E-state index contributed by atoms with van der Waals surface area (Å²) in [6.07, 6.45) is 2.01. The van der Waals surface area contributed by atoms with Gasteiger partial charge in [0, 0.05) is 17.2 Å². The van der Waals surface area contributed by atoms with E-state index in [4.69, 9.17) is 16.7 Å².